The number of fused-ring (bicyclic) bond motifs is 1. The van der Waals surface area contributed by atoms with Gasteiger partial charge in [0.05, 0.1) is 11.3 Å². The van der Waals surface area contributed by atoms with E-state index in [0.29, 0.717) is 5.89 Å². The minimum absolute atomic E-state index is 0.630. The zero-order valence-corrected chi connectivity index (χ0v) is 13.7. The minimum Gasteiger partial charge on any atom is -0.436 e. The molecule has 3 nitrogen and oxygen atoms in total. The summed E-state index contributed by atoms with van der Waals surface area (Å²) in [7, 11) is 0. The van der Waals surface area contributed by atoms with E-state index in [1.54, 1.807) is 0 Å². The van der Waals surface area contributed by atoms with Gasteiger partial charge >= 0.3 is 0 Å². The van der Waals surface area contributed by atoms with Crippen LogP contribution >= 0.6 is 0 Å². The number of benzene rings is 3. The SMILES string of the molecule is Cc1cccc(C)c1Nc1ccccc1-c1nc2ccccc2o1. The van der Waals surface area contributed by atoms with E-state index in [0.717, 1.165) is 28.0 Å². The Kier molecular flexibility index (Phi) is 3.54. The Labute approximate surface area is 141 Å². The Morgan fingerprint density at radius 3 is 2.29 bits per heavy atom. The fourth-order valence-electron chi connectivity index (χ4n) is 2.91. The first-order chi connectivity index (χ1) is 11.7. The summed E-state index contributed by atoms with van der Waals surface area (Å²) in [5.41, 5.74) is 7.16. The lowest BCUT2D eigenvalue weighted by molar-refractivity contribution is 0.620. The number of hydrogen-bond donors (Lipinski definition) is 1. The average molecular weight is 314 g/mol. The molecule has 1 N–H and O–H groups in total. The zero-order chi connectivity index (χ0) is 16.5. The maximum absolute atomic E-state index is 5.94. The van der Waals surface area contributed by atoms with E-state index in [1.165, 1.54) is 11.1 Å². The highest BCUT2D eigenvalue weighted by Gasteiger charge is 2.13. The molecule has 118 valence electrons. The van der Waals surface area contributed by atoms with Gasteiger partial charge in [0.15, 0.2) is 5.58 Å². The van der Waals surface area contributed by atoms with Gasteiger partial charge in [-0.2, -0.15) is 0 Å². The van der Waals surface area contributed by atoms with Crippen LogP contribution in [0.3, 0.4) is 0 Å². The van der Waals surface area contributed by atoms with Crippen LogP contribution < -0.4 is 5.32 Å². The maximum Gasteiger partial charge on any atom is 0.229 e. The predicted molar refractivity (Wildman–Crippen MR) is 98.6 cm³/mol. The van der Waals surface area contributed by atoms with Gasteiger partial charge in [-0.3, -0.25) is 0 Å². The first-order valence-electron chi connectivity index (χ1n) is 8.00. The van der Waals surface area contributed by atoms with E-state index in [1.807, 2.05) is 42.5 Å². The van der Waals surface area contributed by atoms with Crippen molar-refractivity contribution in [2.45, 2.75) is 13.8 Å². The van der Waals surface area contributed by atoms with Crippen molar-refractivity contribution < 1.29 is 4.42 Å². The van der Waals surface area contributed by atoms with Crippen LogP contribution in [0.5, 0.6) is 0 Å². The van der Waals surface area contributed by atoms with Gasteiger partial charge in [0.2, 0.25) is 5.89 Å². The molecule has 0 amide bonds. The van der Waals surface area contributed by atoms with Crippen molar-refractivity contribution in [3.8, 4) is 11.5 Å². The van der Waals surface area contributed by atoms with E-state index in [-0.39, 0.29) is 0 Å². The van der Waals surface area contributed by atoms with Gasteiger partial charge in [-0.05, 0) is 49.2 Å². The van der Waals surface area contributed by atoms with Crippen molar-refractivity contribution in [2.75, 3.05) is 5.32 Å². The molecule has 0 spiro atoms. The normalized spacial score (nSPS) is 10.9. The largest absolute Gasteiger partial charge is 0.436 e. The number of anilines is 2. The molecule has 0 radical (unpaired) electrons. The first-order valence-corrected chi connectivity index (χ1v) is 8.00. The molecular formula is C21H18N2O. The lowest BCUT2D eigenvalue weighted by atomic mass is 10.1. The first kappa shape index (κ1) is 14.5. The third-order valence-electron chi connectivity index (χ3n) is 4.19. The van der Waals surface area contributed by atoms with Crippen LogP contribution in [0.25, 0.3) is 22.6 Å². The van der Waals surface area contributed by atoms with Crippen LogP contribution in [0.15, 0.2) is 71.1 Å². The molecule has 0 atom stereocenters. The summed E-state index contributed by atoms with van der Waals surface area (Å²) in [6, 6.07) is 22.2. The Hall–Kier alpha value is -3.07. The molecule has 1 aromatic heterocycles. The quantitative estimate of drug-likeness (QED) is 0.515. The van der Waals surface area contributed by atoms with E-state index >= 15 is 0 Å². The van der Waals surface area contributed by atoms with Crippen LogP contribution in [-0.2, 0) is 0 Å². The topological polar surface area (TPSA) is 38.1 Å². The number of aromatic nitrogens is 1. The van der Waals surface area contributed by atoms with Gasteiger partial charge in [-0.15, -0.1) is 0 Å². The summed E-state index contributed by atoms with van der Waals surface area (Å²) < 4.78 is 5.94. The van der Waals surface area contributed by atoms with Crippen LogP contribution in [0.4, 0.5) is 11.4 Å². The molecule has 0 saturated carbocycles. The van der Waals surface area contributed by atoms with Gasteiger partial charge in [0.1, 0.15) is 5.52 Å². The molecule has 3 heteroatoms. The molecule has 0 fully saturated rings. The molecule has 1 heterocycles. The molecule has 0 unspecified atom stereocenters. The van der Waals surface area contributed by atoms with Crippen molar-refractivity contribution >= 4 is 22.5 Å². The number of oxazole rings is 1. The molecule has 4 rings (SSSR count). The molecule has 24 heavy (non-hydrogen) atoms. The fraction of sp³-hybridized carbons (Fsp3) is 0.0952. The van der Waals surface area contributed by atoms with Crippen molar-refractivity contribution in [3.05, 3.63) is 77.9 Å². The molecule has 0 aliphatic heterocycles. The zero-order valence-electron chi connectivity index (χ0n) is 13.7. The number of rotatable bonds is 3. The van der Waals surface area contributed by atoms with Crippen molar-refractivity contribution in [1.82, 2.24) is 4.98 Å². The van der Waals surface area contributed by atoms with Crippen LogP contribution in [-0.4, -0.2) is 4.98 Å². The summed E-state index contributed by atoms with van der Waals surface area (Å²) in [5, 5.41) is 3.55. The predicted octanol–water partition coefficient (Wildman–Crippen LogP) is 5.86. The third-order valence-corrected chi connectivity index (χ3v) is 4.19. The molecule has 0 saturated heterocycles. The highest BCUT2D eigenvalue weighted by molar-refractivity contribution is 5.82. The van der Waals surface area contributed by atoms with Gasteiger partial charge in [-0.1, -0.05) is 42.5 Å². The number of nitrogens with zero attached hydrogens (tertiary/aromatic N) is 1. The molecule has 4 aromatic rings. The Bertz CT molecular complexity index is 964. The van der Waals surface area contributed by atoms with E-state index in [2.05, 4.69) is 48.4 Å². The van der Waals surface area contributed by atoms with Crippen molar-refractivity contribution in [1.29, 1.82) is 0 Å². The second kappa shape index (κ2) is 5.85. The molecule has 3 aromatic carbocycles. The number of aryl methyl sites for hydroxylation is 2. The van der Waals surface area contributed by atoms with Crippen molar-refractivity contribution in [3.63, 3.8) is 0 Å². The Morgan fingerprint density at radius 2 is 1.50 bits per heavy atom. The molecule has 0 aliphatic carbocycles. The van der Waals surface area contributed by atoms with Gasteiger partial charge in [0.25, 0.3) is 0 Å². The average Bonchev–Trinajstić information content (AvgIpc) is 3.02. The van der Waals surface area contributed by atoms with Gasteiger partial charge in [0, 0.05) is 5.69 Å². The third kappa shape index (κ3) is 2.54. The monoisotopic (exact) mass is 314 g/mol. The Balaban J connectivity index is 1.81. The summed E-state index contributed by atoms with van der Waals surface area (Å²) >= 11 is 0. The van der Waals surface area contributed by atoms with Crippen LogP contribution in [0.1, 0.15) is 11.1 Å². The lowest BCUT2D eigenvalue weighted by Gasteiger charge is -2.14. The molecule has 0 aliphatic rings. The summed E-state index contributed by atoms with van der Waals surface area (Å²) in [6.07, 6.45) is 0. The van der Waals surface area contributed by atoms with Gasteiger partial charge < -0.3 is 9.73 Å². The second-order valence-electron chi connectivity index (χ2n) is 5.92. The van der Waals surface area contributed by atoms with Crippen LogP contribution in [0, 0.1) is 13.8 Å². The highest BCUT2D eigenvalue weighted by Crippen LogP contribution is 2.33. The summed E-state index contributed by atoms with van der Waals surface area (Å²) in [4.78, 5) is 4.62. The summed E-state index contributed by atoms with van der Waals surface area (Å²) in [6.45, 7) is 4.22. The maximum atomic E-state index is 5.94. The second-order valence-corrected chi connectivity index (χ2v) is 5.92. The minimum atomic E-state index is 0.630. The Morgan fingerprint density at radius 1 is 0.792 bits per heavy atom. The van der Waals surface area contributed by atoms with E-state index < -0.39 is 0 Å². The van der Waals surface area contributed by atoms with E-state index in [4.69, 9.17) is 4.42 Å². The lowest BCUT2D eigenvalue weighted by Crippen LogP contribution is -1.97. The van der Waals surface area contributed by atoms with E-state index in [9.17, 15) is 0 Å². The van der Waals surface area contributed by atoms with Crippen molar-refractivity contribution in [2.24, 2.45) is 0 Å². The molecular weight excluding hydrogens is 296 g/mol. The highest BCUT2D eigenvalue weighted by atomic mass is 16.3. The van der Waals surface area contributed by atoms with Crippen LogP contribution in [0.2, 0.25) is 0 Å². The summed E-state index contributed by atoms with van der Waals surface area (Å²) in [5.74, 6) is 0.630. The number of nitrogens with one attached hydrogen (secondary N) is 1. The van der Waals surface area contributed by atoms with Gasteiger partial charge in [-0.25, -0.2) is 4.98 Å². The molecule has 0 bridgehead atoms. The fourth-order valence-corrected chi connectivity index (χ4v) is 2.91. The number of para-hydroxylation sites is 4. The standard InChI is InChI=1S/C21H18N2O/c1-14-8-7-9-15(2)20(14)22-17-11-4-3-10-16(17)21-23-18-12-5-6-13-19(18)24-21/h3-13,22H,1-2H3. The number of hydrogen-bond acceptors (Lipinski definition) is 3. The smallest absolute Gasteiger partial charge is 0.229 e.